The van der Waals surface area contributed by atoms with E-state index in [-0.39, 0.29) is 0 Å². The van der Waals surface area contributed by atoms with Crippen molar-refractivity contribution >= 4 is 34.6 Å². The fourth-order valence-electron chi connectivity index (χ4n) is 2.94. The van der Waals surface area contributed by atoms with Crippen molar-refractivity contribution in [2.45, 2.75) is 39.2 Å². The lowest BCUT2D eigenvalue weighted by Crippen LogP contribution is -2.25. The first-order chi connectivity index (χ1) is 8.52. The van der Waals surface area contributed by atoms with Crippen LogP contribution in [0.15, 0.2) is 12.1 Å². The van der Waals surface area contributed by atoms with Crippen molar-refractivity contribution in [2.75, 3.05) is 11.1 Å². The zero-order valence-corrected chi connectivity index (χ0v) is 12.4. The van der Waals surface area contributed by atoms with Crippen molar-refractivity contribution in [1.29, 1.82) is 0 Å². The minimum atomic E-state index is 0.452. The maximum absolute atomic E-state index is 6.20. The first-order valence-electron chi connectivity index (χ1n) is 6.54. The Bertz CT molecular complexity index is 411. The van der Waals surface area contributed by atoms with Crippen LogP contribution in [0, 0.1) is 11.8 Å². The lowest BCUT2D eigenvalue weighted by molar-refractivity contribution is 0.392. The molecule has 100 valence electrons. The molecule has 18 heavy (non-hydrogen) atoms. The van der Waals surface area contributed by atoms with Crippen LogP contribution < -0.4 is 11.1 Å². The van der Waals surface area contributed by atoms with Crippen LogP contribution in [0.3, 0.4) is 0 Å². The molecule has 1 fully saturated rings. The molecule has 3 unspecified atom stereocenters. The predicted octanol–water partition coefficient (Wildman–Crippen LogP) is 4.81. The standard InChI is InChI=1S/C14H20Cl2N2/c1-3-9-4-5-13(8(9)2)18-14-11(15)6-10(17)7-12(14)16/h6-9,13,18H,3-5,17H2,1-2H3. The number of hydrogen-bond donors (Lipinski definition) is 2. The zero-order valence-electron chi connectivity index (χ0n) is 10.8. The highest BCUT2D eigenvalue weighted by atomic mass is 35.5. The second-order valence-electron chi connectivity index (χ2n) is 5.22. The van der Waals surface area contributed by atoms with Gasteiger partial charge in [0.1, 0.15) is 0 Å². The molecule has 3 atom stereocenters. The summed E-state index contributed by atoms with van der Waals surface area (Å²) in [5, 5.41) is 4.71. The molecule has 2 nitrogen and oxygen atoms in total. The van der Waals surface area contributed by atoms with Crippen molar-refractivity contribution in [3.05, 3.63) is 22.2 Å². The van der Waals surface area contributed by atoms with Gasteiger partial charge in [-0.2, -0.15) is 0 Å². The Hall–Kier alpha value is -0.600. The fraction of sp³-hybridized carbons (Fsp3) is 0.571. The van der Waals surface area contributed by atoms with Gasteiger partial charge < -0.3 is 11.1 Å². The summed E-state index contributed by atoms with van der Waals surface area (Å²) in [5.74, 6) is 1.45. The van der Waals surface area contributed by atoms with Crippen LogP contribution in [-0.4, -0.2) is 6.04 Å². The molecule has 0 radical (unpaired) electrons. The summed E-state index contributed by atoms with van der Waals surface area (Å²) in [5.41, 5.74) is 7.13. The molecule has 0 spiro atoms. The second-order valence-corrected chi connectivity index (χ2v) is 6.03. The predicted molar refractivity (Wildman–Crippen MR) is 80.5 cm³/mol. The largest absolute Gasteiger partial charge is 0.399 e. The number of benzene rings is 1. The van der Waals surface area contributed by atoms with Crippen LogP contribution in [-0.2, 0) is 0 Å². The Labute approximate surface area is 119 Å². The SMILES string of the molecule is CCC1CCC(Nc2c(Cl)cc(N)cc2Cl)C1C. The molecule has 1 aromatic carbocycles. The van der Waals surface area contributed by atoms with Crippen molar-refractivity contribution in [3.8, 4) is 0 Å². The Morgan fingerprint density at radius 1 is 1.28 bits per heavy atom. The number of halogens is 2. The Morgan fingerprint density at radius 2 is 1.89 bits per heavy atom. The van der Waals surface area contributed by atoms with Gasteiger partial charge in [-0.25, -0.2) is 0 Å². The molecule has 1 aromatic rings. The molecule has 1 aliphatic carbocycles. The van der Waals surface area contributed by atoms with E-state index < -0.39 is 0 Å². The average molecular weight is 287 g/mol. The lowest BCUT2D eigenvalue weighted by Gasteiger charge is -2.23. The Kier molecular flexibility index (Phi) is 4.29. The maximum atomic E-state index is 6.20. The Morgan fingerprint density at radius 3 is 2.39 bits per heavy atom. The van der Waals surface area contributed by atoms with E-state index in [0.717, 1.165) is 11.6 Å². The van der Waals surface area contributed by atoms with E-state index in [4.69, 9.17) is 28.9 Å². The van der Waals surface area contributed by atoms with E-state index in [0.29, 0.717) is 27.7 Å². The number of nitrogen functional groups attached to an aromatic ring is 1. The number of rotatable bonds is 3. The van der Waals surface area contributed by atoms with Gasteiger partial charge >= 0.3 is 0 Å². The molecule has 2 rings (SSSR count). The van der Waals surface area contributed by atoms with E-state index >= 15 is 0 Å². The molecule has 0 heterocycles. The number of hydrogen-bond acceptors (Lipinski definition) is 2. The molecular formula is C14H20Cl2N2. The van der Waals surface area contributed by atoms with Crippen molar-refractivity contribution in [1.82, 2.24) is 0 Å². The summed E-state index contributed by atoms with van der Waals surface area (Å²) in [7, 11) is 0. The average Bonchev–Trinajstić information content (AvgIpc) is 2.64. The Balaban J connectivity index is 2.15. The van der Waals surface area contributed by atoms with E-state index in [1.54, 1.807) is 12.1 Å². The number of nitrogens with two attached hydrogens (primary N) is 1. The van der Waals surface area contributed by atoms with Crippen LogP contribution in [0.1, 0.15) is 33.1 Å². The summed E-state index contributed by atoms with van der Waals surface area (Å²) in [6, 6.07) is 3.94. The summed E-state index contributed by atoms with van der Waals surface area (Å²) >= 11 is 12.4. The van der Waals surface area contributed by atoms with Crippen LogP contribution in [0.4, 0.5) is 11.4 Å². The third-order valence-electron chi connectivity index (χ3n) is 4.15. The van der Waals surface area contributed by atoms with Gasteiger partial charge in [-0.1, -0.05) is 43.5 Å². The minimum Gasteiger partial charge on any atom is -0.399 e. The summed E-state index contributed by atoms with van der Waals surface area (Å²) in [4.78, 5) is 0. The van der Waals surface area contributed by atoms with E-state index in [2.05, 4.69) is 19.2 Å². The van der Waals surface area contributed by atoms with Crippen LogP contribution in [0.2, 0.25) is 10.0 Å². The third-order valence-corrected chi connectivity index (χ3v) is 4.74. The molecule has 0 aliphatic heterocycles. The summed E-state index contributed by atoms with van der Waals surface area (Å²) in [6.45, 7) is 4.56. The van der Waals surface area contributed by atoms with Crippen molar-refractivity contribution in [2.24, 2.45) is 11.8 Å². The topological polar surface area (TPSA) is 38.0 Å². The van der Waals surface area contributed by atoms with Gasteiger partial charge in [0.2, 0.25) is 0 Å². The van der Waals surface area contributed by atoms with E-state index in [1.165, 1.54) is 19.3 Å². The molecule has 0 bridgehead atoms. The van der Waals surface area contributed by atoms with Crippen molar-refractivity contribution < 1.29 is 0 Å². The van der Waals surface area contributed by atoms with Crippen LogP contribution in [0.5, 0.6) is 0 Å². The molecular weight excluding hydrogens is 267 g/mol. The monoisotopic (exact) mass is 286 g/mol. The van der Waals surface area contributed by atoms with Crippen LogP contribution >= 0.6 is 23.2 Å². The van der Waals surface area contributed by atoms with E-state index in [9.17, 15) is 0 Å². The lowest BCUT2D eigenvalue weighted by atomic mass is 9.93. The van der Waals surface area contributed by atoms with Gasteiger partial charge in [0.25, 0.3) is 0 Å². The fourth-order valence-corrected chi connectivity index (χ4v) is 3.56. The maximum Gasteiger partial charge on any atom is 0.0722 e. The first kappa shape index (κ1) is 13.8. The number of nitrogens with one attached hydrogen (secondary N) is 1. The van der Waals surface area contributed by atoms with Gasteiger partial charge in [-0.05, 0) is 36.8 Å². The zero-order chi connectivity index (χ0) is 13.3. The minimum absolute atomic E-state index is 0.452. The van der Waals surface area contributed by atoms with Gasteiger partial charge in [-0.3, -0.25) is 0 Å². The van der Waals surface area contributed by atoms with Gasteiger partial charge in [0.05, 0.1) is 15.7 Å². The van der Waals surface area contributed by atoms with E-state index in [1.807, 2.05) is 0 Å². The molecule has 3 N–H and O–H groups in total. The molecule has 0 amide bonds. The number of anilines is 2. The summed E-state index contributed by atoms with van der Waals surface area (Å²) in [6.07, 6.45) is 3.69. The second kappa shape index (κ2) is 5.58. The highest BCUT2D eigenvalue weighted by Crippen LogP contribution is 2.39. The normalized spacial score (nSPS) is 27.4. The summed E-state index contributed by atoms with van der Waals surface area (Å²) < 4.78 is 0. The highest BCUT2D eigenvalue weighted by molar-refractivity contribution is 6.39. The molecule has 0 saturated heterocycles. The van der Waals surface area contributed by atoms with Gasteiger partial charge in [0.15, 0.2) is 0 Å². The highest BCUT2D eigenvalue weighted by Gasteiger charge is 2.32. The van der Waals surface area contributed by atoms with Crippen LogP contribution in [0.25, 0.3) is 0 Å². The quantitative estimate of drug-likeness (QED) is 0.783. The molecule has 0 aromatic heterocycles. The van der Waals surface area contributed by atoms with Crippen molar-refractivity contribution in [3.63, 3.8) is 0 Å². The third kappa shape index (κ3) is 2.70. The smallest absolute Gasteiger partial charge is 0.0722 e. The molecule has 1 saturated carbocycles. The molecule has 4 heteroatoms. The van der Waals surface area contributed by atoms with Gasteiger partial charge in [-0.15, -0.1) is 0 Å². The van der Waals surface area contributed by atoms with Gasteiger partial charge in [0, 0.05) is 11.7 Å². The molecule has 1 aliphatic rings. The first-order valence-corrected chi connectivity index (χ1v) is 7.29.